The van der Waals surface area contributed by atoms with E-state index < -0.39 is 0 Å². The third-order valence-corrected chi connectivity index (χ3v) is 9.44. The summed E-state index contributed by atoms with van der Waals surface area (Å²) >= 11 is 0. The van der Waals surface area contributed by atoms with Gasteiger partial charge in [0.2, 0.25) is 0 Å². The second-order valence-corrected chi connectivity index (χ2v) is 11.5. The Hall–Kier alpha value is -1.64. The number of carbonyl (C=O) groups is 2. The van der Waals surface area contributed by atoms with Crippen LogP contribution in [0.25, 0.3) is 0 Å². The first-order valence-electron chi connectivity index (χ1n) is 12.4. The van der Waals surface area contributed by atoms with Crippen molar-refractivity contribution >= 4 is 11.8 Å². The molecule has 8 unspecified atom stereocenters. The van der Waals surface area contributed by atoms with Gasteiger partial charge in [-0.2, -0.15) is 0 Å². The van der Waals surface area contributed by atoms with Crippen LogP contribution < -0.4 is 0 Å². The monoisotopic (exact) mass is 424 g/mol. The standard InChI is InChI=1S/C28H40O3/c1-17(2)7-8-18(3)23-11-12-24-22-10-9-20-15-21(30)13-14-27(20,5)25(22)16-26(28(23,24)6)31-19(4)29/h7-8,13-15,17-18,22-26H,9-12,16H2,1-6H3. The van der Waals surface area contributed by atoms with Gasteiger partial charge >= 0.3 is 5.97 Å². The number of hydrogen-bond donors (Lipinski definition) is 0. The van der Waals surface area contributed by atoms with Crippen LogP contribution in [-0.2, 0) is 14.3 Å². The highest BCUT2D eigenvalue weighted by atomic mass is 16.5. The number of carbonyl (C=O) groups excluding carboxylic acids is 2. The number of ketones is 1. The molecule has 0 aromatic heterocycles. The van der Waals surface area contributed by atoms with Crippen LogP contribution in [0.5, 0.6) is 0 Å². The Morgan fingerprint density at radius 2 is 1.87 bits per heavy atom. The topological polar surface area (TPSA) is 43.4 Å². The molecule has 0 saturated heterocycles. The van der Waals surface area contributed by atoms with Crippen LogP contribution >= 0.6 is 0 Å². The summed E-state index contributed by atoms with van der Waals surface area (Å²) in [6.07, 6.45) is 16.0. The average Bonchev–Trinajstić information content (AvgIpc) is 3.05. The van der Waals surface area contributed by atoms with Crippen molar-refractivity contribution in [3.05, 3.63) is 36.0 Å². The molecular formula is C28H40O3. The third kappa shape index (κ3) is 3.66. The lowest BCUT2D eigenvalue weighted by molar-refractivity contribution is -0.177. The van der Waals surface area contributed by atoms with Gasteiger partial charge in [0, 0.05) is 17.8 Å². The van der Waals surface area contributed by atoms with Crippen LogP contribution in [0.4, 0.5) is 0 Å². The van der Waals surface area contributed by atoms with Crippen molar-refractivity contribution in [1.29, 1.82) is 0 Å². The van der Waals surface area contributed by atoms with E-state index in [0.717, 1.165) is 19.3 Å². The SMILES string of the molecule is CC(=O)OC1CC2C(CCC3=CC(=O)C=CC32C)C2CCC(C(C)C=CC(C)C)C12C. The zero-order valence-corrected chi connectivity index (χ0v) is 20.2. The minimum atomic E-state index is -0.162. The predicted octanol–water partition coefficient (Wildman–Crippen LogP) is 6.30. The second-order valence-electron chi connectivity index (χ2n) is 11.5. The van der Waals surface area contributed by atoms with Crippen molar-refractivity contribution in [3.63, 3.8) is 0 Å². The van der Waals surface area contributed by atoms with Gasteiger partial charge in [0.15, 0.2) is 5.78 Å². The Morgan fingerprint density at radius 1 is 1.13 bits per heavy atom. The minimum Gasteiger partial charge on any atom is -0.462 e. The molecule has 0 spiro atoms. The van der Waals surface area contributed by atoms with Crippen molar-refractivity contribution in [3.8, 4) is 0 Å². The summed E-state index contributed by atoms with van der Waals surface area (Å²) in [5.74, 6) is 3.15. The van der Waals surface area contributed by atoms with Gasteiger partial charge in [-0.25, -0.2) is 0 Å². The van der Waals surface area contributed by atoms with Crippen LogP contribution in [0.1, 0.15) is 73.6 Å². The summed E-state index contributed by atoms with van der Waals surface area (Å²) in [4.78, 5) is 24.2. The van der Waals surface area contributed by atoms with Crippen molar-refractivity contribution in [1.82, 2.24) is 0 Å². The molecule has 0 N–H and O–H groups in total. The molecule has 4 rings (SSSR count). The van der Waals surface area contributed by atoms with Gasteiger partial charge in [0.1, 0.15) is 6.10 Å². The molecule has 3 nitrogen and oxygen atoms in total. The Morgan fingerprint density at radius 3 is 2.55 bits per heavy atom. The van der Waals surface area contributed by atoms with Crippen molar-refractivity contribution < 1.29 is 14.3 Å². The molecule has 8 atom stereocenters. The van der Waals surface area contributed by atoms with Gasteiger partial charge in [-0.05, 0) is 79.8 Å². The smallest absolute Gasteiger partial charge is 0.302 e. The molecule has 0 radical (unpaired) electrons. The molecule has 0 bridgehead atoms. The predicted molar refractivity (Wildman–Crippen MR) is 124 cm³/mol. The van der Waals surface area contributed by atoms with Gasteiger partial charge < -0.3 is 4.74 Å². The summed E-state index contributed by atoms with van der Waals surface area (Å²) in [5, 5.41) is 0. The number of ether oxygens (including phenoxy) is 1. The van der Waals surface area contributed by atoms with Crippen LogP contribution in [0, 0.1) is 46.3 Å². The van der Waals surface area contributed by atoms with Crippen LogP contribution in [-0.4, -0.2) is 17.9 Å². The highest BCUT2D eigenvalue weighted by molar-refractivity contribution is 6.01. The normalized spacial score (nSPS) is 42.7. The molecule has 4 aliphatic carbocycles. The van der Waals surface area contributed by atoms with E-state index in [-0.39, 0.29) is 28.7 Å². The fourth-order valence-electron chi connectivity index (χ4n) is 7.94. The van der Waals surface area contributed by atoms with Gasteiger partial charge in [-0.1, -0.05) is 58.4 Å². The number of hydrogen-bond acceptors (Lipinski definition) is 3. The number of allylic oxidation sites excluding steroid dienone is 6. The van der Waals surface area contributed by atoms with E-state index in [9.17, 15) is 9.59 Å². The summed E-state index contributed by atoms with van der Waals surface area (Å²) in [5.41, 5.74) is 1.21. The Labute approximate surface area is 188 Å². The number of esters is 1. The van der Waals surface area contributed by atoms with E-state index in [4.69, 9.17) is 4.74 Å². The largest absolute Gasteiger partial charge is 0.462 e. The van der Waals surface area contributed by atoms with E-state index in [2.05, 4.69) is 52.8 Å². The molecule has 4 aliphatic rings. The molecule has 3 heteroatoms. The molecule has 0 heterocycles. The minimum absolute atomic E-state index is 0.0132. The molecule has 170 valence electrons. The lowest BCUT2D eigenvalue weighted by Gasteiger charge is -2.59. The van der Waals surface area contributed by atoms with Crippen LogP contribution in [0.3, 0.4) is 0 Å². The van der Waals surface area contributed by atoms with E-state index >= 15 is 0 Å². The quantitative estimate of drug-likeness (QED) is 0.393. The molecule has 3 saturated carbocycles. The molecule has 31 heavy (non-hydrogen) atoms. The highest BCUT2D eigenvalue weighted by Crippen LogP contribution is 2.67. The van der Waals surface area contributed by atoms with Gasteiger partial charge in [-0.3, -0.25) is 9.59 Å². The zero-order chi connectivity index (χ0) is 22.6. The maximum atomic E-state index is 12.2. The molecule has 0 aromatic carbocycles. The Balaban J connectivity index is 1.71. The summed E-state index contributed by atoms with van der Waals surface area (Å²) in [7, 11) is 0. The number of fused-ring (bicyclic) bond motifs is 5. The first-order chi connectivity index (χ1) is 14.6. The lowest BCUT2D eigenvalue weighted by Crippen LogP contribution is -2.57. The van der Waals surface area contributed by atoms with E-state index in [1.165, 1.54) is 18.4 Å². The maximum Gasteiger partial charge on any atom is 0.302 e. The summed E-state index contributed by atoms with van der Waals surface area (Å²) in [6.45, 7) is 13.1. The Bertz CT molecular complexity index is 833. The zero-order valence-electron chi connectivity index (χ0n) is 20.2. The molecule has 3 fully saturated rings. The molecular weight excluding hydrogens is 384 g/mol. The molecule has 0 aliphatic heterocycles. The molecule has 0 amide bonds. The van der Waals surface area contributed by atoms with Crippen LogP contribution in [0.15, 0.2) is 36.0 Å². The Kier molecular flexibility index (Phi) is 5.85. The van der Waals surface area contributed by atoms with Gasteiger partial charge in [-0.15, -0.1) is 0 Å². The van der Waals surface area contributed by atoms with Gasteiger partial charge in [0.05, 0.1) is 0 Å². The first kappa shape index (κ1) is 22.6. The average molecular weight is 425 g/mol. The highest BCUT2D eigenvalue weighted by Gasteiger charge is 2.63. The summed E-state index contributed by atoms with van der Waals surface area (Å²) in [6, 6.07) is 0. The van der Waals surface area contributed by atoms with Crippen molar-refractivity contribution in [2.75, 3.05) is 0 Å². The van der Waals surface area contributed by atoms with Crippen molar-refractivity contribution in [2.45, 2.75) is 79.8 Å². The fraction of sp³-hybridized carbons (Fsp3) is 0.714. The van der Waals surface area contributed by atoms with E-state index in [1.807, 2.05) is 6.08 Å². The lowest BCUT2D eigenvalue weighted by atomic mass is 9.46. The van der Waals surface area contributed by atoms with E-state index in [0.29, 0.717) is 35.5 Å². The fourth-order valence-corrected chi connectivity index (χ4v) is 7.94. The van der Waals surface area contributed by atoms with Crippen LogP contribution in [0.2, 0.25) is 0 Å². The number of rotatable bonds is 4. The van der Waals surface area contributed by atoms with E-state index in [1.54, 1.807) is 13.0 Å². The third-order valence-electron chi connectivity index (χ3n) is 9.44. The second kappa shape index (κ2) is 8.05. The van der Waals surface area contributed by atoms with Gasteiger partial charge in [0.25, 0.3) is 0 Å². The maximum absolute atomic E-state index is 12.2. The summed E-state index contributed by atoms with van der Waals surface area (Å²) < 4.78 is 6.14. The van der Waals surface area contributed by atoms with Crippen molar-refractivity contribution in [2.24, 2.45) is 46.3 Å². The first-order valence-corrected chi connectivity index (χ1v) is 12.4. The molecule has 0 aromatic rings.